The predicted octanol–water partition coefficient (Wildman–Crippen LogP) is 2.99. The van der Waals surface area contributed by atoms with Crippen molar-refractivity contribution in [2.45, 2.75) is 18.6 Å². The number of nitrogens with zero attached hydrogens (tertiary/aromatic N) is 2. The third kappa shape index (κ3) is 5.32. The molecule has 34 heavy (non-hydrogen) atoms. The zero-order valence-electron chi connectivity index (χ0n) is 19.0. The molecule has 7 nitrogen and oxygen atoms in total. The summed E-state index contributed by atoms with van der Waals surface area (Å²) >= 11 is 0. The fourth-order valence-corrected chi connectivity index (χ4v) is 4.10. The van der Waals surface area contributed by atoms with E-state index >= 15 is 0 Å². The number of aliphatic hydroxyl groups is 1. The molecule has 0 aliphatic carbocycles. The van der Waals surface area contributed by atoms with Crippen LogP contribution >= 0.6 is 0 Å². The molecule has 0 aromatic heterocycles. The van der Waals surface area contributed by atoms with Crippen molar-refractivity contribution in [2.75, 3.05) is 20.1 Å². The van der Waals surface area contributed by atoms with Crippen LogP contribution in [0, 0.1) is 0 Å². The quantitative estimate of drug-likeness (QED) is 0.477. The van der Waals surface area contributed by atoms with Gasteiger partial charge in [-0.3, -0.25) is 9.59 Å². The number of likely N-dealkylation sites (tertiary alicyclic amines) is 1. The molecule has 0 bridgehead atoms. The highest BCUT2D eigenvalue weighted by Crippen LogP contribution is 2.23. The number of rotatable bonds is 7. The molecule has 1 saturated heterocycles. The first-order chi connectivity index (χ1) is 16.6. The topological polar surface area (TPSA) is 94.0 Å². The fourth-order valence-electron chi connectivity index (χ4n) is 4.10. The van der Waals surface area contributed by atoms with Gasteiger partial charge in [-0.1, -0.05) is 72.8 Å². The first kappa shape index (κ1) is 23.2. The third-order valence-corrected chi connectivity index (χ3v) is 5.88. The Bertz CT molecular complexity index is 1150. The van der Waals surface area contributed by atoms with E-state index in [0.29, 0.717) is 12.0 Å². The largest absolute Gasteiger partial charge is 0.387 e. The van der Waals surface area contributed by atoms with E-state index in [1.165, 1.54) is 4.90 Å². The monoisotopic (exact) mass is 456 g/mol. The third-order valence-electron chi connectivity index (χ3n) is 5.88. The number of carbonyl (C=O) groups is 2. The molecule has 7 heteroatoms. The van der Waals surface area contributed by atoms with E-state index in [0.717, 1.165) is 22.4 Å². The van der Waals surface area contributed by atoms with Gasteiger partial charge in [-0.05, 0) is 28.8 Å². The second kappa shape index (κ2) is 10.8. The van der Waals surface area contributed by atoms with Gasteiger partial charge in [0.05, 0.1) is 18.4 Å². The molecule has 3 aromatic carbocycles. The van der Waals surface area contributed by atoms with Gasteiger partial charge in [0, 0.05) is 25.6 Å². The number of hydrazone groups is 1. The van der Waals surface area contributed by atoms with Crippen LogP contribution in [0.2, 0.25) is 0 Å². The van der Waals surface area contributed by atoms with Crippen LogP contribution in [0.3, 0.4) is 0 Å². The molecule has 4 rings (SSSR count). The van der Waals surface area contributed by atoms with E-state index in [4.69, 9.17) is 0 Å². The van der Waals surface area contributed by atoms with E-state index in [1.54, 1.807) is 31.3 Å². The van der Waals surface area contributed by atoms with E-state index in [-0.39, 0.29) is 24.9 Å². The lowest BCUT2D eigenvalue weighted by Gasteiger charge is -2.24. The molecule has 174 valence electrons. The summed E-state index contributed by atoms with van der Waals surface area (Å²) in [7, 11) is 1.69. The minimum Gasteiger partial charge on any atom is -0.387 e. The van der Waals surface area contributed by atoms with Crippen LogP contribution < -0.4 is 10.7 Å². The van der Waals surface area contributed by atoms with Gasteiger partial charge in [0.2, 0.25) is 5.91 Å². The van der Waals surface area contributed by atoms with Crippen molar-refractivity contribution in [3.05, 3.63) is 96.1 Å². The highest BCUT2D eigenvalue weighted by atomic mass is 16.3. The molecule has 1 fully saturated rings. The first-order valence-electron chi connectivity index (χ1n) is 11.3. The Morgan fingerprint density at radius 1 is 0.971 bits per heavy atom. The molecule has 3 aromatic rings. The SMILES string of the molecule is CN/N=C1\C[C@@H](C(=O)NC[C@@H](O)c2ccccc2)N(C(=O)c2ccc(-c3ccccc3)cc2)C1. The van der Waals surface area contributed by atoms with E-state index in [9.17, 15) is 14.7 Å². The molecule has 3 N–H and O–H groups in total. The molecule has 1 aliphatic rings. The number of hydrogen-bond donors (Lipinski definition) is 3. The standard InChI is InChI=1S/C27H28N4O3/c1-28-30-23-16-24(26(33)29-17-25(32)21-10-6-3-7-11-21)31(18-23)27(34)22-14-12-20(13-15-22)19-8-4-2-5-9-19/h2-15,24-25,28,32H,16-18H2,1H3,(H,29,33)/b30-23+/t24-,25+/m0/s1. The zero-order valence-corrected chi connectivity index (χ0v) is 19.0. The highest BCUT2D eigenvalue weighted by Gasteiger charge is 2.38. The summed E-state index contributed by atoms with van der Waals surface area (Å²) in [4.78, 5) is 27.9. The molecule has 2 atom stereocenters. The normalized spacial score (nSPS) is 17.4. The minimum atomic E-state index is -0.827. The maximum absolute atomic E-state index is 13.3. The Hall–Kier alpha value is -3.97. The Labute approximate surface area is 199 Å². The lowest BCUT2D eigenvalue weighted by Crippen LogP contribution is -2.46. The van der Waals surface area contributed by atoms with Gasteiger partial charge < -0.3 is 20.7 Å². The van der Waals surface area contributed by atoms with Crippen molar-refractivity contribution in [2.24, 2.45) is 5.10 Å². The molecular weight excluding hydrogens is 428 g/mol. The number of carbonyl (C=O) groups excluding carboxylic acids is 2. The summed E-state index contributed by atoms with van der Waals surface area (Å²) in [6.45, 7) is 0.324. The first-order valence-corrected chi connectivity index (χ1v) is 11.3. The van der Waals surface area contributed by atoms with Crippen LogP contribution in [0.4, 0.5) is 0 Å². The number of benzene rings is 3. The second-order valence-corrected chi connectivity index (χ2v) is 8.17. The van der Waals surface area contributed by atoms with Crippen molar-refractivity contribution >= 4 is 17.5 Å². The van der Waals surface area contributed by atoms with Crippen LogP contribution in [-0.2, 0) is 4.79 Å². The average Bonchev–Trinajstić information content (AvgIpc) is 3.32. The number of amides is 2. The second-order valence-electron chi connectivity index (χ2n) is 8.17. The highest BCUT2D eigenvalue weighted by molar-refractivity contribution is 6.05. The Morgan fingerprint density at radius 2 is 1.59 bits per heavy atom. The summed E-state index contributed by atoms with van der Waals surface area (Å²) in [5.41, 5.74) is 6.78. The van der Waals surface area contributed by atoms with Gasteiger partial charge in [-0.15, -0.1) is 0 Å². The van der Waals surface area contributed by atoms with Gasteiger partial charge >= 0.3 is 0 Å². The maximum Gasteiger partial charge on any atom is 0.254 e. The molecule has 0 spiro atoms. The van der Waals surface area contributed by atoms with Crippen LogP contribution in [0.5, 0.6) is 0 Å². The maximum atomic E-state index is 13.3. The van der Waals surface area contributed by atoms with Crippen molar-refractivity contribution < 1.29 is 14.7 Å². The van der Waals surface area contributed by atoms with Crippen molar-refractivity contribution in [3.63, 3.8) is 0 Å². The average molecular weight is 457 g/mol. The minimum absolute atomic E-state index is 0.0612. The van der Waals surface area contributed by atoms with Gasteiger partial charge in [0.1, 0.15) is 6.04 Å². The van der Waals surface area contributed by atoms with Gasteiger partial charge in [-0.2, -0.15) is 5.10 Å². The van der Waals surface area contributed by atoms with Crippen LogP contribution in [0.25, 0.3) is 11.1 Å². The van der Waals surface area contributed by atoms with Gasteiger partial charge in [-0.25, -0.2) is 0 Å². The van der Waals surface area contributed by atoms with Gasteiger partial charge in [0.15, 0.2) is 0 Å². The molecule has 1 aliphatic heterocycles. The summed E-state index contributed by atoms with van der Waals surface area (Å²) in [6.07, 6.45) is -0.492. The Kier molecular flexibility index (Phi) is 7.34. The van der Waals surface area contributed by atoms with Crippen LogP contribution in [-0.4, -0.2) is 53.7 Å². The van der Waals surface area contributed by atoms with Crippen LogP contribution in [0.1, 0.15) is 28.4 Å². The molecule has 0 saturated carbocycles. The van der Waals surface area contributed by atoms with Crippen LogP contribution in [0.15, 0.2) is 90.0 Å². The Morgan fingerprint density at radius 3 is 2.24 bits per heavy atom. The smallest absolute Gasteiger partial charge is 0.254 e. The van der Waals surface area contributed by atoms with E-state index < -0.39 is 12.1 Å². The number of aliphatic hydroxyl groups excluding tert-OH is 1. The lowest BCUT2D eigenvalue weighted by atomic mass is 10.0. The Balaban J connectivity index is 1.47. The summed E-state index contributed by atoms with van der Waals surface area (Å²) < 4.78 is 0. The van der Waals surface area contributed by atoms with E-state index in [1.807, 2.05) is 60.7 Å². The lowest BCUT2D eigenvalue weighted by molar-refractivity contribution is -0.125. The number of nitrogens with one attached hydrogen (secondary N) is 2. The van der Waals surface area contributed by atoms with Crippen molar-refractivity contribution in [1.29, 1.82) is 0 Å². The van der Waals surface area contributed by atoms with E-state index in [2.05, 4.69) is 15.8 Å². The predicted molar refractivity (Wildman–Crippen MR) is 132 cm³/mol. The molecule has 2 amide bonds. The fraction of sp³-hybridized carbons (Fsp3) is 0.222. The van der Waals surface area contributed by atoms with Crippen molar-refractivity contribution in [3.8, 4) is 11.1 Å². The molecule has 0 unspecified atom stereocenters. The summed E-state index contributed by atoms with van der Waals surface area (Å²) in [5, 5.41) is 17.4. The van der Waals surface area contributed by atoms with Crippen molar-refractivity contribution in [1.82, 2.24) is 15.6 Å². The number of hydrogen-bond acceptors (Lipinski definition) is 5. The molecular formula is C27H28N4O3. The van der Waals surface area contributed by atoms with Gasteiger partial charge in [0.25, 0.3) is 5.91 Å². The summed E-state index contributed by atoms with van der Waals surface area (Å²) in [5.74, 6) is -0.546. The zero-order chi connectivity index (χ0) is 23.9. The molecule has 0 radical (unpaired) electrons. The molecule has 1 heterocycles. The summed E-state index contributed by atoms with van der Waals surface area (Å²) in [6, 6.07) is 25.8.